The van der Waals surface area contributed by atoms with Gasteiger partial charge < -0.3 is 4.74 Å². The molecule has 56 valence electrons. The van der Waals surface area contributed by atoms with E-state index >= 15 is 0 Å². The van der Waals surface area contributed by atoms with E-state index in [1.165, 1.54) is 5.56 Å². The van der Waals surface area contributed by atoms with E-state index in [-0.39, 0.29) is 0 Å². The van der Waals surface area contributed by atoms with Crippen molar-refractivity contribution in [3.8, 4) is 0 Å². The van der Waals surface area contributed by atoms with Crippen LogP contribution in [0.5, 0.6) is 0 Å². The maximum absolute atomic E-state index is 5.29. The van der Waals surface area contributed by atoms with Crippen molar-refractivity contribution in [2.45, 2.75) is 6.61 Å². The molecular formula is C7H9BrOS. The minimum atomic E-state index is 0.745. The van der Waals surface area contributed by atoms with Crippen LogP contribution in [0, 0.1) is 0 Å². The molecule has 3 heteroatoms. The molecule has 1 aromatic rings. The van der Waals surface area contributed by atoms with Gasteiger partial charge in [0.2, 0.25) is 0 Å². The third kappa shape index (κ3) is 2.82. The number of thiophene rings is 1. The average Bonchev–Trinajstić information content (AvgIpc) is 2.41. The molecule has 1 nitrogen and oxygen atoms in total. The molecule has 0 amide bonds. The second-order valence-electron chi connectivity index (χ2n) is 1.87. The maximum atomic E-state index is 5.29. The monoisotopic (exact) mass is 220 g/mol. The zero-order chi connectivity index (χ0) is 7.23. The van der Waals surface area contributed by atoms with Gasteiger partial charge in [0.15, 0.2) is 0 Å². The molecule has 1 heterocycles. The zero-order valence-corrected chi connectivity index (χ0v) is 7.95. The van der Waals surface area contributed by atoms with Crippen LogP contribution in [0.1, 0.15) is 5.56 Å². The molecule has 10 heavy (non-hydrogen) atoms. The smallest absolute Gasteiger partial charge is 0.0725 e. The second-order valence-corrected chi connectivity index (χ2v) is 3.45. The summed E-state index contributed by atoms with van der Waals surface area (Å²) in [7, 11) is 0. The molecule has 0 saturated carbocycles. The second kappa shape index (κ2) is 4.88. The van der Waals surface area contributed by atoms with Crippen LogP contribution in [-0.2, 0) is 11.3 Å². The standard InChI is InChI=1S/C7H9BrOS/c8-2-3-9-5-7-1-4-10-6-7/h1,4,6H,2-3,5H2. The number of hydrogen-bond acceptors (Lipinski definition) is 2. The fourth-order valence-electron chi connectivity index (χ4n) is 0.619. The zero-order valence-electron chi connectivity index (χ0n) is 5.55. The summed E-state index contributed by atoms with van der Waals surface area (Å²) in [5.41, 5.74) is 1.27. The minimum absolute atomic E-state index is 0.745. The van der Waals surface area contributed by atoms with Crippen molar-refractivity contribution < 1.29 is 4.74 Å². The van der Waals surface area contributed by atoms with Crippen LogP contribution in [0.4, 0.5) is 0 Å². The Bertz CT molecular complexity index is 162. The first kappa shape index (κ1) is 8.24. The van der Waals surface area contributed by atoms with E-state index in [4.69, 9.17) is 4.74 Å². The van der Waals surface area contributed by atoms with Crippen LogP contribution >= 0.6 is 27.3 Å². The van der Waals surface area contributed by atoms with Gasteiger partial charge in [-0.3, -0.25) is 0 Å². The van der Waals surface area contributed by atoms with Crippen LogP contribution in [0.15, 0.2) is 16.8 Å². The fraction of sp³-hybridized carbons (Fsp3) is 0.429. The number of ether oxygens (including phenoxy) is 1. The molecule has 0 saturated heterocycles. The Morgan fingerprint density at radius 1 is 1.60 bits per heavy atom. The van der Waals surface area contributed by atoms with Crippen LogP contribution < -0.4 is 0 Å². The van der Waals surface area contributed by atoms with E-state index in [1.807, 2.05) is 0 Å². The summed E-state index contributed by atoms with van der Waals surface area (Å²) >= 11 is 5.00. The third-order valence-electron chi connectivity index (χ3n) is 1.07. The number of rotatable bonds is 4. The molecule has 1 aromatic heterocycles. The van der Waals surface area contributed by atoms with Crippen LogP contribution in [0.25, 0.3) is 0 Å². The van der Waals surface area contributed by atoms with Gasteiger partial charge in [-0.15, -0.1) is 0 Å². The summed E-state index contributed by atoms with van der Waals surface area (Å²) in [6.07, 6.45) is 0. The Morgan fingerprint density at radius 3 is 3.10 bits per heavy atom. The molecule has 0 N–H and O–H groups in total. The SMILES string of the molecule is BrCCOCc1ccsc1. The summed E-state index contributed by atoms with van der Waals surface area (Å²) in [6.45, 7) is 1.53. The van der Waals surface area contributed by atoms with Gasteiger partial charge in [-0.05, 0) is 22.4 Å². The van der Waals surface area contributed by atoms with Gasteiger partial charge in [0.1, 0.15) is 0 Å². The molecule has 0 unspecified atom stereocenters. The van der Waals surface area contributed by atoms with Crippen molar-refractivity contribution in [2.24, 2.45) is 0 Å². The lowest BCUT2D eigenvalue weighted by Crippen LogP contribution is -1.93. The van der Waals surface area contributed by atoms with Gasteiger partial charge in [-0.25, -0.2) is 0 Å². The number of alkyl halides is 1. The van der Waals surface area contributed by atoms with Crippen molar-refractivity contribution in [1.29, 1.82) is 0 Å². The average molecular weight is 221 g/mol. The first-order chi connectivity index (χ1) is 4.93. The molecule has 0 spiro atoms. The Hall–Kier alpha value is 0.140. The molecular weight excluding hydrogens is 212 g/mol. The molecule has 0 bridgehead atoms. The van der Waals surface area contributed by atoms with E-state index in [9.17, 15) is 0 Å². The Morgan fingerprint density at radius 2 is 2.50 bits per heavy atom. The molecule has 1 rings (SSSR count). The van der Waals surface area contributed by atoms with Crippen molar-refractivity contribution >= 4 is 27.3 Å². The first-order valence-corrected chi connectivity index (χ1v) is 5.14. The highest BCUT2D eigenvalue weighted by atomic mass is 79.9. The van der Waals surface area contributed by atoms with E-state index in [0.29, 0.717) is 0 Å². The number of halogens is 1. The summed E-state index contributed by atoms with van der Waals surface area (Å²) in [6, 6.07) is 2.08. The van der Waals surface area contributed by atoms with Gasteiger partial charge in [0.05, 0.1) is 13.2 Å². The van der Waals surface area contributed by atoms with Crippen LogP contribution in [-0.4, -0.2) is 11.9 Å². The Kier molecular flexibility index (Phi) is 4.02. The van der Waals surface area contributed by atoms with Crippen molar-refractivity contribution in [1.82, 2.24) is 0 Å². The predicted molar refractivity (Wildman–Crippen MR) is 47.8 cm³/mol. The Labute approximate surface area is 73.1 Å². The van der Waals surface area contributed by atoms with Gasteiger partial charge >= 0.3 is 0 Å². The summed E-state index contributed by atoms with van der Waals surface area (Å²) in [5.74, 6) is 0. The molecule has 0 aromatic carbocycles. The largest absolute Gasteiger partial charge is 0.376 e. The molecule has 0 aliphatic heterocycles. The quantitative estimate of drug-likeness (QED) is 0.561. The normalized spacial score (nSPS) is 10.1. The molecule has 0 radical (unpaired) electrons. The lowest BCUT2D eigenvalue weighted by atomic mass is 10.4. The van der Waals surface area contributed by atoms with Crippen molar-refractivity contribution in [3.05, 3.63) is 22.4 Å². The number of hydrogen-bond donors (Lipinski definition) is 0. The predicted octanol–water partition coefficient (Wildman–Crippen LogP) is 2.66. The van der Waals surface area contributed by atoms with Crippen molar-refractivity contribution in [3.63, 3.8) is 0 Å². The van der Waals surface area contributed by atoms with Crippen molar-refractivity contribution in [2.75, 3.05) is 11.9 Å². The van der Waals surface area contributed by atoms with Crippen LogP contribution in [0.3, 0.4) is 0 Å². The van der Waals surface area contributed by atoms with E-state index in [1.54, 1.807) is 11.3 Å². The Balaban J connectivity index is 2.15. The van der Waals surface area contributed by atoms with Gasteiger partial charge in [-0.2, -0.15) is 11.3 Å². The van der Waals surface area contributed by atoms with E-state index < -0.39 is 0 Å². The minimum Gasteiger partial charge on any atom is -0.376 e. The molecule has 0 aliphatic carbocycles. The highest BCUT2D eigenvalue weighted by Crippen LogP contribution is 2.06. The van der Waals surface area contributed by atoms with Gasteiger partial charge in [-0.1, -0.05) is 15.9 Å². The van der Waals surface area contributed by atoms with Gasteiger partial charge in [0.25, 0.3) is 0 Å². The highest BCUT2D eigenvalue weighted by molar-refractivity contribution is 9.09. The third-order valence-corrected chi connectivity index (χ3v) is 2.13. The fourth-order valence-corrected chi connectivity index (χ4v) is 1.50. The van der Waals surface area contributed by atoms with E-state index in [0.717, 1.165) is 18.5 Å². The highest BCUT2D eigenvalue weighted by Gasteiger charge is 1.90. The molecule has 0 fully saturated rings. The molecule has 0 atom stereocenters. The van der Waals surface area contributed by atoms with E-state index in [2.05, 4.69) is 32.8 Å². The topological polar surface area (TPSA) is 9.23 Å². The summed E-state index contributed by atoms with van der Waals surface area (Å²) < 4.78 is 5.29. The van der Waals surface area contributed by atoms with Gasteiger partial charge in [0, 0.05) is 5.33 Å². The first-order valence-electron chi connectivity index (χ1n) is 3.08. The van der Waals surface area contributed by atoms with Crippen LogP contribution in [0.2, 0.25) is 0 Å². The maximum Gasteiger partial charge on any atom is 0.0725 e. The molecule has 0 aliphatic rings. The lowest BCUT2D eigenvalue weighted by Gasteiger charge is -1.97. The summed E-state index contributed by atoms with van der Waals surface area (Å²) in [5, 5.41) is 5.08. The summed E-state index contributed by atoms with van der Waals surface area (Å²) in [4.78, 5) is 0. The lowest BCUT2D eigenvalue weighted by molar-refractivity contribution is 0.137.